The second-order valence-corrected chi connectivity index (χ2v) is 12.0. The minimum absolute atomic E-state index is 0.0420. The molecule has 0 saturated heterocycles. The molecule has 3 atom stereocenters. The normalized spacial score (nSPS) is 17.6. The van der Waals surface area contributed by atoms with Gasteiger partial charge in [-0.2, -0.15) is 0 Å². The van der Waals surface area contributed by atoms with Crippen LogP contribution >= 0.6 is 22.6 Å². The van der Waals surface area contributed by atoms with Gasteiger partial charge in [0.05, 0.1) is 29.9 Å². The zero-order chi connectivity index (χ0) is 33.7. The molecular weight excluding hydrogens is 726 g/mol. The van der Waals surface area contributed by atoms with E-state index in [9.17, 15) is 34.1 Å². The molecule has 5 rings (SSSR count). The molecule has 1 aromatic heterocycles. The third-order valence-corrected chi connectivity index (χ3v) is 8.54. The molecule has 3 aromatic carbocycles. The standard InChI is InChI=1S/C34H32FIN2O9/c1-45-29-13-20(18-40)12-25(36)31(29)46-28-16-22(32(42)37-10-11-39)15-26(30(28)41)38(17-19-6-8-23(35)9-7-19)33(43)24-14-21-4-2-3-5-27(21)47-34(24)44/h2-9,12-14,16,26,28,30,39-41H,10-11,15,17-18H2,1H3,(H,37,42)/t26-,28+,30+/m1/s1. The van der Waals surface area contributed by atoms with E-state index < -0.39 is 41.5 Å². The number of methoxy groups -OCH3 is 1. The summed E-state index contributed by atoms with van der Waals surface area (Å²) in [5.74, 6) is -1.33. The molecule has 0 bridgehead atoms. The number of aliphatic hydroxyl groups is 3. The fourth-order valence-corrected chi connectivity index (χ4v) is 6.18. The van der Waals surface area contributed by atoms with Crippen LogP contribution in [0.4, 0.5) is 4.39 Å². The van der Waals surface area contributed by atoms with Crippen molar-refractivity contribution in [1.29, 1.82) is 0 Å². The van der Waals surface area contributed by atoms with Gasteiger partial charge in [0.15, 0.2) is 11.5 Å². The molecule has 4 aromatic rings. The van der Waals surface area contributed by atoms with Crippen LogP contribution in [0.5, 0.6) is 11.5 Å². The molecule has 4 N–H and O–H groups in total. The van der Waals surface area contributed by atoms with E-state index in [1.165, 1.54) is 48.4 Å². The molecule has 0 unspecified atom stereocenters. The van der Waals surface area contributed by atoms with Gasteiger partial charge in [-0.15, -0.1) is 0 Å². The summed E-state index contributed by atoms with van der Waals surface area (Å²) < 4.78 is 31.6. The number of fused-ring (bicyclic) bond motifs is 1. The van der Waals surface area contributed by atoms with E-state index in [1.54, 1.807) is 36.4 Å². The maximum Gasteiger partial charge on any atom is 0.349 e. The lowest BCUT2D eigenvalue weighted by Gasteiger charge is -2.40. The zero-order valence-electron chi connectivity index (χ0n) is 25.2. The van der Waals surface area contributed by atoms with Gasteiger partial charge in [-0.05, 0) is 76.2 Å². The van der Waals surface area contributed by atoms with Crippen LogP contribution in [0.2, 0.25) is 0 Å². The number of para-hydroxylation sites is 1. The minimum Gasteiger partial charge on any atom is -0.493 e. The second-order valence-electron chi connectivity index (χ2n) is 10.8. The number of nitrogens with zero attached hydrogens (tertiary/aromatic N) is 1. The Morgan fingerprint density at radius 3 is 2.53 bits per heavy atom. The molecule has 2 amide bonds. The predicted octanol–water partition coefficient (Wildman–Crippen LogP) is 3.30. The smallest absolute Gasteiger partial charge is 0.349 e. The summed E-state index contributed by atoms with van der Waals surface area (Å²) in [4.78, 5) is 41.9. The minimum atomic E-state index is -1.45. The van der Waals surface area contributed by atoms with Crippen LogP contribution in [0.25, 0.3) is 11.0 Å². The molecule has 0 fully saturated rings. The van der Waals surface area contributed by atoms with Crippen molar-refractivity contribution in [3.63, 3.8) is 0 Å². The lowest BCUT2D eigenvalue weighted by atomic mass is 9.87. The Balaban J connectivity index is 1.60. The van der Waals surface area contributed by atoms with Crippen LogP contribution in [0.3, 0.4) is 0 Å². The van der Waals surface area contributed by atoms with Gasteiger partial charge in [0.25, 0.3) is 5.91 Å². The third-order valence-electron chi connectivity index (χ3n) is 7.74. The maximum atomic E-state index is 14.3. The van der Waals surface area contributed by atoms with Gasteiger partial charge in [0, 0.05) is 30.5 Å². The van der Waals surface area contributed by atoms with E-state index in [4.69, 9.17) is 13.9 Å². The van der Waals surface area contributed by atoms with Crippen molar-refractivity contribution in [2.24, 2.45) is 0 Å². The number of hydrogen-bond donors (Lipinski definition) is 4. The maximum absolute atomic E-state index is 14.3. The van der Waals surface area contributed by atoms with Gasteiger partial charge in [-0.25, -0.2) is 9.18 Å². The highest BCUT2D eigenvalue weighted by molar-refractivity contribution is 14.1. The van der Waals surface area contributed by atoms with Crippen molar-refractivity contribution < 1.29 is 43.2 Å². The number of aliphatic hydroxyl groups excluding tert-OH is 3. The molecule has 47 heavy (non-hydrogen) atoms. The van der Waals surface area contributed by atoms with Crippen LogP contribution in [0.15, 0.2) is 87.6 Å². The molecule has 11 nitrogen and oxygen atoms in total. The summed E-state index contributed by atoms with van der Waals surface area (Å²) in [6, 6.07) is 15.6. The molecule has 0 radical (unpaired) electrons. The number of carbonyl (C=O) groups excluding carboxylic acids is 2. The van der Waals surface area contributed by atoms with E-state index in [1.807, 2.05) is 22.6 Å². The lowest BCUT2D eigenvalue weighted by molar-refractivity contribution is -0.118. The molecular formula is C34H32FIN2O9. The lowest BCUT2D eigenvalue weighted by Crippen LogP contribution is -2.55. The second kappa shape index (κ2) is 15.1. The molecule has 1 aliphatic carbocycles. The first kappa shape index (κ1) is 34.0. The Kier molecular flexibility index (Phi) is 10.9. The van der Waals surface area contributed by atoms with E-state index in [0.29, 0.717) is 20.1 Å². The number of carbonyl (C=O) groups is 2. The van der Waals surface area contributed by atoms with E-state index in [2.05, 4.69) is 5.32 Å². The predicted molar refractivity (Wildman–Crippen MR) is 177 cm³/mol. The van der Waals surface area contributed by atoms with Crippen molar-refractivity contribution >= 4 is 45.4 Å². The molecule has 1 aliphatic rings. The van der Waals surface area contributed by atoms with Crippen LogP contribution in [0, 0.1) is 9.39 Å². The summed E-state index contributed by atoms with van der Waals surface area (Å²) in [6.45, 7) is -0.777. The molecule has 0 saturated carbocycles. The van der Waals surface area contributed by atoms with Crippen LogP contribution in [-0.2, 0) is 17.9 Å². The Hall–Kier alpha value is -4.31. The van der Waals surface area contributed by atoms with E-state index in [-0.39, 0.29) is 60.9 Å². The molecule has 13 heteroatoms. The van der Waals surface area contributed by atoms with Gasteiger partial charge in [-0.3, -0.25) is 9.59 Å². The number of amides is 2. The SMILES string of the molecule is COc1cc(CO)cc(I)c1O[C@H]1C=C(C(=O)NCCO)C[C@@H](N(Cc2ccc(F)cc2)C(=O)c2cc3ccccc3oc2=O)[C@@H]1O. The van der Waals surface area contributed by atoms with Crippen molar-refractivity contribution in [2.75, 3.05) is 20.3 Å². The third kappa shape index (κ3) is 7.64. The number of halogens is 2. The quantitative estimate of drug-likeness (QED) is 0.133. The number of hydrogen-bond acceptors (Lipinski definition) is 9. The van der Waals surface area contributed by atoms with Gasteiger partial charge in [0.2, 0.25) is 5.91 Å². The van der Waals surface area contributed by atoms with Crippen LogP contribution < -0.4 is 20.4 Å². The van der Waals surface area contributed by atoms with E-state index >= 15 is 0 Å². The highest BCUT2D eigenvalue weighted by atomic mass is 127. The summed E-state index contributed by atoms with van der Waals surface area (Å²) in [5.41, 5.74) is 0.300. The first-order chi connectivity index (χ1) is 22.6. The largest absolute Gasteiger partial charge is 0.493 e. The van der Waals surface area contributed by atoms with Crippen molar-refractivity contribution in [3.8, 4) is 11.5 Å². The first-order valence-corrected chi connectivity index (χ1v) is 15.7. The van der Waals surface area contributed by atoms with E-state index in [0.717, 1.165) is 0 Å². The number of nitrogens with one attached hydrogen (secondary N) is 1. The van der Waals surface area contributed by atoms with Crippen LogP contribution in [-0.4, -0.2) is 70.5 Å². The average molecular weight is 759 g/mol. The summed E-state index contributed by atoms with van der Waals surface area (Å²) >= 11 is 2.00. The molecule has 0 aliphatic heterocycles. The Bertz CT molecular complexity index is 1860. The molecule has 0 spiro atoms. The molecule has 246 valence electrons. The van der Waals surface area contributed by atoms with Crippen molar-refractivity contribution in [2.45, 2.75) is 37.8 Å². The zero-order valence-corrected chi connectivity index (χ0v) is 27.3. The topological polar surface area (TPSA) is 159 Å². The monoisotopic (exact) mass is 758 g/mol. The molecule has 1 heterocycles. The van der Waals surface area contributed by atoms with Crippen LogP contribution in [0.1, 0.15) is 27.9 Å². The fraction of sp³-hybridized carbons (Fsp3) is 0.265. The van der Waals surface area contributed by atoms with Gasteiger partial charge >= 0.3 is 5.63 Å². The average Bonchev–Trinajstić information content (AvgIpc) is 3.07. The van der Waals surface area contributed by atoms with Crippen molar-refractivity contribution in [3.05, 3.63) is 115 Å². The summed E-state index contributed by atoms with van der Waals surface area (Å²) in [7, 11) is 1.42. The summed E-state index contributed by atoms with van der Waals surface area (Å²) in [6.07, 6.45) is -1.36. The summed E-state index contributed by atoms with van der Waals surface area (Å²) in [5, 5.41) is 33.9. The fourth-order valence-electron chi connectivity index (χ4n) is 5.39. The highest BCUT2D eigenvalue weighted by Gasteiger charge is 2.42. The number of ether oxygens (including phenoxy) is 2. The Morgan fingerprint density at radius 1 is 1.09 bits per heavy atom. The highest BCUT2D eigenvalue weighted by Crippen LogP contribution is 2.37. The number of benzene rings is 3. The number of rotatable bonds is 11. The van der Waals surface area contributed by atoms with Gasteiger partial charge < -0.3 is 39.4 Å². The van der Waals surface area contributed by atoms with Gasteiger partial charge in [-0.1, -0.05) is 30.3 Å². The Labute approximate surface area is 282 Å². The first-order valence-electron chi connectivity index (χ1n) is 14.6. The van der Waals surface area contributed by atoms with Gasteiger partial charge in [0.1, 0.15) is 29.2 Å². The van der Waals surface area contributed by atoms with Crippen molar-refractivity contribution in [1.82, 2.24) is 10.2 Å². The Morgan fingerprint density at radius 2 is 1.83 bits per heavy atom.